The van der Waals surface area contributed by atoms with Gasteiger partial charge in [-0.2, -0.15) is 13.2 Å². The van der Waals surface area contributed by atoms with Gasteiger partial charge in [-0.15, -0.1) is 0 Å². The number of nitro groups is 1. The van der Waals surface area contributed by atoms with Crippen LogP contribution in [0.5, 0.6) is 0 Å². The number of aryl methyl sites for hydroxylation is 1. The quantitative estimate of drug-likeness (QED) is 0.631. The summed E-state index contributed by atoms with van der Waals surface area (Å²) in [6.45, 7) is 2.03. The van der Waals surface area contributed by atoms with E-state index in [1.807, 2.05) is 0 Å². The van der Waals surface area contributed by atoms with Crippen molar-refractivity contribution in [3.05, 3.63) is 63.3 Å². The SMILES string of the molecule is Cc1cc([N+](=O)[O-])cnc1N(C)Cc1ccc(C(F)(F)F)cc1. The number of alkyl halides is 3. The fourth-order valence-electron chi connectivity index (χ4n) is 2.20. The molecule has 0 bridgehead atoms. The van der Waals surface area contributed by atoms with Crippen LogP contribution in [0, 0.1) is 17.0 Å². The summed E-state index contributed by atoms with van der Waals surface area (Å²) in [5, 5.41) is 10.7. The van der Waals surface area contributed by atoms with Gasteiger partial charge in [-0.05, 0) is 30.2 Å². The second-order valence-electron chi connectivity index (χ2n) is 5.14. The molecule has 5 nitrogen and oxygen atoms in total. The number of nitrogens with zero attached hydrogens (tertiary/aromatic N) is 3. The summed E-state index contributed by atoms with van der Waals surface area (Å²) in [4.78, 5) is 16.0. The van der Waals surface area contributed by atoms with Crippen LogP contribution in [0.15, 0.2) is 36.5 Å². The molecule has 0 spiro atoms. The third kappa shape index (κ3) is 3.97. The summed E-state index contributed by atoms with van der Waals surface area (Å²) in [7, 11) is 1.72. The molecule has 1 aromatic carbocycles. The summed E-state index contributed by atoms with van der Waals surface area (Å²) in [5.74, 6) is 0.537. The smallest absolute Gasteiger partial charge is 0.355 e. The first-order valence-corrected chi connectivity index (χ1v) is 6.67. The zero-order valence-corrected chi connectivity index (χ0v) is 12.5. The van der Waals surface area contributed by atoms with Gasteiger partial charge in [0.05, 0.1) is 10.5 Å². The molecule has 0 aliphatic carbocycles. The summed E-state index contributed by atoms with van der Waals surface area (Å²) < 4.78 is 37.6. The van der Waals surface area contributed by atoms with Crippen LogP contribution in [0.3, 0.4) is 0 Å². The minimum Gasteiger partial charge on any atom is -0.355 e. The van der Waals surface area contributed by atoms with Crippen molar-refractivity contribution in [1.82, 2.24) is 4.98 Å². The highest BCUT2D eigenvalue weighted by molar-refractivity contribution is 5.50. The van der Waals surface area contributed by atoms with Gasteiger partial charge >= 0.3 is 6.18 Å². The molecule has 2 aromatic rings. The molecule has 8 heteroatoms. The Kier molecular flexibility index (Phi) is 4.53. The Morgan fingerprint density at radius 1 is 1.26 bits per heavy atom. The molecule has 0 atom stereocenters. The highest BCUT2D eigenvalue weighted by Gasteiger charge is 2.29. The van der Waals surface area contributed by atoms with Crippen LogP contribution in [0.4, 0.5) is 24.7 Å². The molecular formula is C15H14F3N3O2. The van der Waals surface area contributed by atoms with E-state index in [9.17, 15) is 23.3 Å². The van der Waals surface area contributed by atoms with Gasteiger partial charge in [0, 0.05) is 19.7 Å². The molecule has 0 unspecified atom stereocenters. The molecule has 0 amide bonds. The number of aromatic nitrogens is 1. The van der Waals surface area contributed by atoms with Crippen molar-refractivity contribution in [3.8, 4) is 0 Å². The number of hydrogen-bond donors (Lipinski definition) is 0. The van der Waals surface area contributed by atoms with Crippen molar-refractivity contribution in [3.63, 3.8) is 0 Å². The number of rotatable bonds is 4. The average molecular weight is 325 g/mol. The summed E-state index contributed by atoms with van der Waals surface area (Å²) in [5.41, 5.74) is 0.497. The van der Waals surface area contributed by atoms with E-state index >= 15 is 0 Å². The van der Waals surface area contributed by atoms with Crippen molar-refractivity contribution < 1.29 is 18.1 Å². The minimum atomic E-state index is -4.36. The Labute approximate surface area is 130 Å². The standard InChI is InChI=1S/C15H14F3N3O2/c1-10-7-13(21(22)23)8-19-14(10)20(2)9-11-3-5-12(6-4-11)15(16,17)18/h3-8H,9H2,1-2H3. The highest BCUT2D eigenvalue weighted by Crippen LogP contribution is 2.29. The maximum Gasteiger partial charge on any atom is 0.416 e. The van der Waals surface area contributed by atoms with E-state index in [-0.39, 0.29) is 5.69 Å². The fourth-order valence-corrected chi connectivity index (χ4v) is 2.20. The Bertz CT molecular complexity index is 715. The first-order valence-electron chi connectivity index (χ1n) is 6.67. The molecule has 0 aliphatic rings. The van der Waals surface area contributed by atoms with E-state index in [0.29, 0.717) is 23.5 Å². The molecule has 0 radical (unpaired) electrons. The summed E-state index contributed by atoms with van der Waals surface area (Å²) >= 11 is 0. The van der Waals surface area contributed by atoms with Crippen molar-refractivity contribution in [2.45, 2.75) is 19.6 Å². The Morgan fingerprint density at radius 2 is 1.87 bits per heavy atom. The predicted octanol–water partition coefficient (Wildman–Crippen LogP) is 3.95. The maximum atomic E-state index is 12.5. The van der Waals surface area contributed by atoms with Crippen molar-refractivity contribution >= 4 is 11.5 Å². The number of benzene rings is 1. The van der Waals surface area contributed by atoms with Gasteiger partial charge in [0.25, 0.3) is 5.69 Å². The maximum absolute atomic E-state index is 12.5. The van der Waals surface area contributed by atoms with E-state index in [1.165, 1.54) is 18.2 Å². The van der Waals surface area contributed by atoms with Crippen LogP contribution >= 0.6 is 0 Å². The molecule has 23 heavy (non-hydrogen) atoms. The van der Waals surface area contributed by atoms with Gasteiger partial charge in [-0.25, -0.2) is 4.98 Å². The van der Waals surface area contributed by atoms with Gasteiger partial charge < -0.3 is 4.90 Å². The van der Waals surface area contributed by atoms with Crippen molar-refractivity contribution in [2.24, 2.45) is 0 Å². The van der Waals surface area contributed by atoms with Gasteiger partial charge in [0.1, 0.15) is 12.0 Å². The predicted molar refractivity (Wildman–Crippen MR) is 79.2 cm³/mol. The lowest BCUT2D eigenvalue weighted by Gasteiger charge is -2.20. The van der Waals surface area contributed by atoms with E-state index < -0.39 is 16.7 Å². The Morgan fingerprint density at radius 3 is 2.35 bits per heavy atom. The largest absolute Gasteiger partial charge is 0.416 e. The van der Waals surface area contributed by atoms with Crippen LogP contribution in [0.25, 0.3) is 0 Å². The van der Waals surface area contributed by atoms with Crippen LogP contribution in [0.1, 0.15) is 16.7 Å². The lowest BCUT2D eigenvalue weighted by molar-refractivity contribution is -0.385. The third-order valence-corrected chi connectivity index (χ3v) is 3.31. The summed E-state index contributed by atoms with van der Waals surface area (Å²) in [6.07, 6.45) is -3.20. The van der Waals surface area contributed by atoms with E-state index in [0.717, 1.165) is 18.3 Å². The number of pyridine rings is 1. The molecule has 1 aromatic heterocycles. The third-order valence-electron chi connectivity index (χ3n) is 3.31. The zero-order chi connectivity index (χ0) is 17.2. The first-order chi connectivity index (χ1) is 10.7. The molecular weight excluding hydrogens is 311 g/mol. The Balaban J connectivity index is 2.16. The molecule has 1 heterocycles. The second-order valence-corrected chi connectivity index (χ2v) is 5.14. The average Bonchev–Trinajstić information content (AvgIpc) is 2.46. The van der Waals surface area contributed by atoms with Crippen LogP contribution in [-0.2, 0) is 12.7 Å². The highest BCUT2D eigenvalue weighted by atomic mass is 19.4. The van der Waals surface area contributed by atoms with E-state index in [1.54, 1.807) is 18.9 Å². The zero-order valence-electron chi connectivity index (χ0n) is 12.5. The normalized spacial score (nSPS) is 11.3. The number of anilines is 1. The number of hydrogen-bond acceptors (Lipinski definition) is 4. The lowest BCUT2D eigenvalue weighted by Crippen LogP contribution is -2.19. The van der Waals surface area contributed by atoms with E-state index in [4.69, 9.17) is 0 Å². The van der Waals surface area contributed by atoms with Gasteiger partial charge in [0.15, 0.2) is 0 Å². The van der Waals surface area contributed by atoms with Gasteiger partial charge in [-0.1, -0.05) is 12.1 Å². The molecule has 2 rings (SSSR count). The molecule has 0 saturated heterocycles. The van der Waals surface area contributed by atoms with Crippen LogP contribution < -0.4 is 4.90 Å². The molecule has 0 fully saturated rings. The lowest BCUT2D eigenvalue weighted by atomic mass is 10.1. The Hall–Kier alpha value is -2.64. The van der Waals surface area contributed by atoms with Gasteiger partial charge in [-0.3, -0.25) is 10.1 Å². The van der Waals surface area contributed by atoms with Crippen molar-refractivity contribution in [1.29, 1.82) is 0 Å². The van der Waals surface area contributed by atoms with Crippen LogP contribution in [0.2, 0.25) is 0 Å². The topological polar surface area (TPSA) is 59.3 Å². The summed E-state index contributed by atoms with van der Waals surface area (Å²) in [6, 6.07) is 6.27. The monoisotopic (exact) mass is 325 g/mol. The van der Waals surface area contributed by atoms with Gasteiger partial charge in [0.2, 0.25) is 0 Å². The first kappa shape index (κ1) is 16.7. The molecule has 122 valence electrons. The molecule has 0 N–H and O–H groups in total. The second kappa shape index (κ2) is 6.23. The van der Waals surface area contributed by atoms with E-state index in [2.05, 4.69) is 4.98 Å². The van der Waals surface area contributed by atoms with Crippen LogP contribution in [-0.4, -0.2) is 17.0 Å². The minimum absolute atomic E-state index is 0.103. The molecule has 0 aliphatic heterocycles. The number of halogens is 3. The molecule has 0 saturated carbocycles. The fraction of sp³-hybridized carbons (Fsp3) is 0.267. The van der Waals surface area contributed by atoms with Crippen molar-refractivity contribution in [2.75, 3.05) is 11.9 Å².